The summed E-state index contributed by atoms with van der Waals surface area (Å²) in [6.45, 7) is 6.66. The molecule has 66 heavy (non-hydrogen) atoms. The molecule has 1 unspecified atom stereocenters. The molecular formula is C60H114O6. The Balaban J connectivity index is 4.16. The van der Waals surface area contributed by atoms with Crippen molar-refractivity contribution in [2.75, 3.05) is 13.2 Å². The van der Waals surface area contributed by atoms with Gasteiger partial charge in [0.25, 0.3) is 0 Å². The zero-order valence-corrected chi connectivity index (χ0v) is 44.7. The van der Waals surface area contributed by atoms with E-state index in [9.17, 15) is 14.4 Å². The molecule has 0 N–H and O–H groups in total. The van der Waals surface area contributed by atoms with Gasteiger partial charge in [0.15, 0.2) is 6.10 Å². The van der Waals surface area contributed by atoms with Crippen molar-refractivity contribution < 1.29 is 28.6 Å². The fourth-order valence-corrected chi connectivity index (χ4v) is 9.03. The van der Waals surface area contributed by atoms with Crippen LogP contribution in [0.1, 0.15) is 335 Å². The number of carbonyl (C=O) groups is 3. The number of unbranched alkanes of at least 4 members (excludes halogenated alkanes) is 42. The maximum absolute atomic E-state index is 12.8. The lowest BCUT2D eigenvalue weighted by molar-refractivity contribution is -0.167. The minimum Gasteiger partial charge on any atom is -0.462 e. The molecule has 0 heterocycles. The number of rotatable bonds is 55. The number of hydrogen-bond acceptors (Lipinski definition) is 6. The average molecular weight is 932 g/mol. The fourth-order valence-electron chi connectivity index (χ4n) is 9.03. The Morgan fingerprint density at radius 2 is 0.500 bits per heavy atom. The molecule has 0 aliphatic heterocycles. The SMILES string of the molecule is CCCCC/C=C\CCCCCCCC(=O)OC(COC(=O)CCCCCCCCCCCCCC)COC(=O)CCCCCCCCCCCCCCCCCCCCCCCCCC. The molecule has 0 saturated heterocycles. The van der Waals surface area contributed by atoms with Crippen LogP contribution in [-0.4, -0.2) is 37.2 Å². The largest absolute Gasteiger partial charge is 0.462 e. The summed E-state index contributed by atoms with van der Waals surface area (Å²) in [6.07, 6.45) is 63.6. The molecule has 0 fully saturated rings. The summed E-state index contributed by atoms with van der Waals surface area (Å²) >= 11 is 0. The standard InChI is InChI=1S/C60H114O6/c1-4-7-10-13-16-19-22-25-26-27-28-29-30-31-32-33-34-35-36-39-41-44-47-50-53-59(62)65-56-57(66-60(63)54-51-48-45-42-38-24-21-18-15-12-9-6-3)55-64-58(61)52-49-46-43-40-37-23-20-17-14-11-8-5-2/h18,21,57H,4-17,19-20,22-56H2,1-3H3/b21-18-. The molecule has 0 aromatic carbocycles. The first-order chi connectivity index (χ1) is 32.5. The molecule has 0 aromatic heterocycles. The Morgan fingerprint density at radius 3 is 0.788 bits per heavy atom. The first kappa shape index (κ1) is 64.2. The van der Waals surface area contributed by atoms with E-state index in [-0.39, 0.29) is 31.1 Å². The minimum atomic E-state index is -0.768. The summed E-state index contributed by atoms with van der Waals surface area (Å²) in [4.78, 5) is 38.1. The molecule has 0 spiro atoms. The molecule has 390 valence electrons. The highest BCUT2D eigenvalue weighted by atomic mass is 16.6. The number of carbonyl (C=O) groups excluding carboxylic acids is 3. The van der Waals surface area contributed by atoms with Crippen LogP contribution in [0.4, 0.5) is 0 Å². The number of hydrogen-bond donors (Lipinski definition) is 0. The van der Waals surface area contributed by atoms with Gasteiger partial charge < -0.3 is 14.2 Å². The number of allylic oxidation sites excluding steroid dienone is 2. The first-order valence-electron chi connectivity index (χ1n) is 29.7. The summed E-state index contributed by atoms with van der Waals surface area (Å²) in [7, 11) is 0. The van der Waals surface area contributed by atoms with Crippen LogP contribution < -0.4 is 0 Å². The van der Waals surface area contributed by atoms with E-state index in [1.54, 1.807) is 0 Å². The lowest BCUT2D eigenvalue weighted by Crippen LogP contribution is -2.30. The van der Waals surface area contributed by atoms with E-state index in [1.807, 2.05) is 0 Å². The van der Waals surface area contributed by atoms with Gasteiger partial charge in [0.1, 0.15) is 13.2 Å². The summed E-state index contributed by atoms with van der Waals surface area (Å²) in [6, 6.07) is 0. The second-order valence-electron chi connectivity index (χ2n) is 20.3. The highest BCUT2D eigenvalue weighted by Crippen LogP contribution is 2.18. The van der Waals surface area contributed by atoms with Crippen LogP contribution in [0.5, 0.6) is 0 Å². The van der Waals surface area contributed by atoms with Crippen LogP contribution >= 0.6 is 0 Å². The Bertz CT molecular complexity index is 1020. The van der Waals surface area contributed by atoms with Gasteiger partial charge in [-0.1, -0.05) is 283 Å². The van der Waals surface area contributed by atoms with E-state index in [4.69, 9.17) is 14.2 Å². The van der Waals surface area contributed by atoms with Gasteiger partial charge in [-0.15, -0.1) is 0 Å². The van der Waals surface area contributed by atoms with Crippen LogP contribution in [-0.2, 0) is 28.6 Å². The van der Waals surface area contributed by atoms with Crippen LogP contribution in [0, 0.1) is 0 Å². The van der Waals surface area contributed by atoms with Crippen LogP contribution in [0.15, 0.2) is 12.2 Å². The molecule has 0 saturated carbocycles. The van der Waals surface area contributed by atoms with Crippen molar-refractivity contribution in [2.24, 2.45) is 0 Å². The van der Waals surface area contributed by atoms with E-state index in [0.29, 0.717) is 19.3 Å². The predicted octanol–water partition coefficient (Wildman–Crippen LogP) is 19.7. The molecule has 0 bridgehead atoms. The quantitative estimate of drug-likeness (QED) is 0.0262. The van der Waals surface area contributed by atoms with Crippen molar-refractivity contribution in [1.82, 2.24) is 0 Å². The Labute approximate surface area is 411 Å². The van der Waals surface area contributed by atoms with Gasteiger partial charge in [0.05, 0.1) is 0 Å². The van der Waals surface area contributed by atoms with Gasteiger partial charge >= 0.3 is 17.9 Å². The van der Waals surface area contributed by atoms with Crippen LogP contribution in [0.3, 0.4) is 0 Å². The van der Waals surface area contributed by atoms with Crippen molar-refractivity contribution in [3.8, 4) is 0 Å². The van der Waals surface area contributed by atoms with Crippen molar-refractivity contribution in [3.63, 3.8) is 0 Å². The lowest BCUT2D eigenvalue weighted by atomic mass is 10.0. The molecular weight excluding hydrogens is 817 g/mol. The molecule has 0 aliphatic rings. The zero-order chi connectivity index (χ0) is 47.9. The molecule has 0 radical (unpaired) electrons. The van der Waals surface area contributed by atoms with Gasteiger partial charge in [-0.2, -0.15) is 0 Å². The van der Waals surface area contributed by atoms with E-state index in [1.165, 1.54) is 231 Å². The Hall–Kier alpha value is -1.85. The molecule has 6 heteroatoms. The molecule has 0 aliphatic carbocycles. The van der Waals surface area contributed by atoms with E-state index >= 15 is 0 Å². The summed E-state index contributed by atoms with van der Waals surface area (Å²) in [5.41, 5.74) is 0. The lowest BCUT2D eigenvalue weighted by Gasteiger charge is -2.18. The van der Waals surface area contributed by atoms with Gasteiger partial charge in [-0.25, -0.2) is 0 Å². The Morgan fingerprint density at radius 1 is 0.288 bits per heavy atom. The molecule has 0 rings (SSSR count). The van der Waals surface area contributed by atoms with E-state index in [0.717, 1.165) is 64.2 Å². The predicted molar refractivity (Wildman–Crippen MR) is 284 cm³/mol. The highest BCUT2D eigenvalue weighted by Gasteiger charge is 2.19. The van der Waals surface area contributed by atoms with Gasteiger partial charge in [0, 0.05) is 19.3 Å². The third-order valence-electron chi connectivity index (χ3n) is 13.5. The average Bonchev–Trinajstić information content (AvgIpc) is 3.31. The molecule has 0 amide bonds. The monoisotopic (exact) mass is 931 g/mol. The van der Waals surface area contributed by atoms with E-state index in [2.05, 4.69) is 32.9 Å². The third-order valence-corrected chi connectivity index (χ3v) is 13.5. The maximum Gasteiger partial charge on any atom is 0.306 e. The summed E-state index contributed by atoms with van der Waals surface area (Å²) < 4.78 is 16.8. The van der Waals surface area contributed by atoms with Gasteiger partial charge in [-0.05, 0) is 44.9 Å². The topological polar surface area (TPSA) is 78.9 Å². The second-order valence-corrected chi connectivity index (χ2v) is 20.3. The molecule has 0 aromatic rings. The Kier molecular flexibility index (Phi) is 54.2. The maximum atomic E-state index is 12.8. The van der Waals surface area contributed by atoms with Crippen molar-refractivity contribution in [1.29, 1.82) is 0 Å². The van der Waals surface area contributed by atoms with Crippen molar-refractivity contribution >= 4 is 17.9 Å². The van der Waals surface area contributed by atoms with Crippen LogP contribution in [0.25, 0.3) is 0 Å². The van der Waals surface area contributed by atoms with E-state index < -0.39 is 6.10 Å². The minimum absolute atomic E-state index is 0.0676. The fraction of sp³-hybridized carbons (Fsp3) is 0.917. The highest BCUT2D eigenvalue weighted by molar-refractivity contribution is 5.71. The van der Waals surface area contributed by atoms with Gasteiger partial charge in [0.2, 0.25) is 0 Å². The van der Waals surface area contributed by atoms with Crippen LogP contribution in [0.2, 0.25) is 0 Å². The third kappa shape index (κ3) is 53.1. The smallest absolute Gasteiger partial charge is 0.306 e. The normalized spacial score (nSPS) is 12.0. The number of ether oxygens (including phenoxy) is 3. The van der Waals surface area contributed by atoms with Gasteiger partial charge in [-0.3, -0.25) is 14.4 Å². The summed E-state index contributed by atoms with van der Waals surface area (Å²) in [5.74, 6) is -0.855. The van der Waals surface area contributed by atoms with Crippen molar-refractivity contribution in [3.05, 3.63) is 12.2 Å². The second kappa shape index (κ2) is 55.7. The number of esters is 3. The molecule has 6 nitrogen and oxygen atoms in total. The summed E-state index contributed by atoms with van der Waals surface area (Å²) in [5, 5.41) is 0. The first-order valence-corrected chi connectivity index (χ1v) is 29.7. The molecule has 1 atom stereocenters. The zero-order valence-electron chi connectivity index (χ0n) is 44.7. The van der Waals surface area contributed by atoms with Crippen molar-refractivity contribution in [2.45, 2.75) is 341 Å².